The molecule has 3 heteroatoms. The molecule has 0 bridgehead atoms. The van der Waals surface area contributed by atoms with Crippen LogP contribution in [-0.4, -0.2) is 5.91 Å². The number of carbonyl (C=O) groups excluding carboxylic acids is 1. The highest BCUT2D eigenvalue weighted by molar-refractivity contribution is 7.08. The van der Waals surface area contributed by atoms with E-state index in [1.54, 1.807) is 11.3 Å². The minimum atomic E-state index is -0.798. The molecule has 0 saturated heterocycles. The van der Waals surface area contributed by atoms with Gasteiger partial charge in [-0.2, -0.15) is 11.3 Å². The lowest BCUT2D eigenvalue weighted by Gasteiger charge is -2.17. The molecule has 2 nitrogen and oxygen atoms in total. The predicted octanol–water partition coefficient (Wildman–Crippen LogP) is 5.16. The van der Waals surface area contributed by atoms with E-state index < -0.39 is 5.41 Å². The Morgan fingerprint density at radius 1 is 0.852 bits per heavy atom. The Labute approximate surface area is 164 Å². The second kappa shape index (κ2) is 8.41. The Morgan fingerprint density at radius 3 is 2.19 bits per heavy atom. The zero-order chi connectivity index (χ0) is 19.1. The van der Waals surface area contributed by atoms with Gasteiger partial charge in [-0.05, 0) is 61.7 Å². The van der Waals surface area contributed by atoms with E-state index in [0.717, 1.165) is 22.4 Å². The summed E-state index contributed by atoms with van der Waals surface area (Å²) in [6.07, 6.45) is 0. The minimum absolute atomic E-state index is 0.136. The van der Waals surface area contributed by atoms with Crippen LogP contribution in [0.15, 0.2) is 71.4 Å². The SMILES string of the molecule is CC(C)(C#Cc1ccccc1)C(=O)Nc1ccc(C#Cc2ccsc2)cc1. The highest BCUT2D eigenvalue weighted by Crippen LogP contribution is 2.18. The number of nitrogens with one attached hydrogen (secondary N) is 1. The number of anilines is 1. The molecule has 132 valence electrons. The molecule has 0 saturated carbocycles. The van der Waals surface area contributed by atoms with Crippen LogP contribution in [0.3, 0.4) is 0 Å². The molecular formula is C24H19NOS. The maximum atomic E-state index is 12.6. The molecule has 1 aromatic heterocycles. The van der Waals surface area contributed by atoms with Crippen LogP contribution in [-0.2, 0) is 4.79 Å². The van der Waals surface area contributed by atoms with Gasteiger partial charge in [0.25, 0.3) is 0 Å². The highest BCUT2D eigenvalue weighted by atomic mass is 32.1. The van der Waals surface area contributed by atoms with Crippen LogP contribution in [0.2, 0.25) is 0 Å². The van der Waals surface area contributed by atoms with Gasteiger partial charge in [0, 0.05) is 27.8 Å². The van der Waals surface area contributed by atoms with Gasteiger partial charge < -0.3 is 5.32 Å². The van der Waals surface area contributed by atoms with Crippen LogP contribution < -0.4 is 5.32 Å². The summed E-state index contributed by atoms with van der Waals surface area (Å²) in [5.41, 5.74) is 2.74. The molecule has 1 amide bonds. The number of amides is 1. The van der Waals surface area contributed by atoms with E-state index in [1.165, 1.54) is 0 Å². The van der Waals surface area contributed by atoms with E-state index in [-0.39, 0.29) is 5.91 Å². The number of hydrogen-bond acceptors (Lipinski definition) is 2. The molecule has 3 aromatic rings. The molecule has 0 fully saturated rings. The molecule has 0 atom stereocenters. The van der Waals surface area contributed by atoms with E-state index in [2.05, 4.69) is 29.0 Å². The standard InChI is InChI=1S/C24H19NOS/c1-24(2,16-14-19-6-4-3-5-7-19)23(26)25-22-12-10-20(11-13-22)8-9-21-15-17-27-18-21/h3-7,10-13,15,17-18H,1-2H3,(H,25,26). The number of hydrogen-bond donors (Lipinski definition) is 1. The molecule has 0 aliphatic heterocycles. The third-order valence-electron chi connectivity index (χ3n) is 3.88. The molecule has 0 aliphatic rings. The fourth-order valence-corrected chi connectivity index (χ4v) is 2.80. The Bertz CT molecular complexity index is 1030. The lowest BCUT2D eigenvalue weighted by molar-refractivity contribution is -0.121. The Morgan fingerprint density at radius 2 is 1.52 bits per heavy atom. The number of carbonyl (C=O) groups is 1. The smallest absolute Gasteiger partial charge is 0.242 e. The van der Waals surface area contributed by atoms with Gasteiger partial charge in [-0.3, -0.25) is 4.79 Å². The van der Waals surface area contributed by atoms with E-state index in [0.29, 0.717) is 0 Å². The van der Waals surface area contributed by atoms with Crippen molar-refractivity contribution in [2.45, 2.75) is 13.8 Å². The summed E-state index contributed by atoms with van der Waals surface area (Å²) in [6, 6.07) is 19.2. The van der Waals surface area contributed by atoms with Gasteiger partial charge in [-0.1, -0.05) is 41.9 Å². The van der Waals surface area contributed by atoms with Gasteiger partial charge in [0.15, 0.2) is 0 Å². The summed E-state index contributed by atoms with van der Waals surface area (Å²) in [7, 11) is 0. The first-order chi connectivity index (χ1) is 13.0. The Hall–Kier alpha value is -3.27. The van der Waals surface area contributed by atoms with Crippen molar-refractivity contribution in [3.05, 3.63) is 88.1 Å². The third-order valence-corrected chi connectivity index (χ3v) is 4.56. The molecule has 0 aliphatic carbocycles. The van der Waals surface area contributed by atoms with Gasteiger partial charge in [0.1, 0.15) is 5.41 Å². The minimum Gasteiger partial charge on any atom is -0.325 e. The van der Waals surface area contributed by atoms with Crippen molar-refractivity contribution in [1.29, 1.82) is 0 Å². The number of rotatable bonds is 2. The second-order valence-corrected chi connectivity index (χ2v) is 7.31. The van der Waals surface area contributed by atoms with Gasteiger partial charge in [-0.15, -0.1) is 0 Å². The molecule has 0 spiro atoms. The van der Waals surface area contributed by atoms with E-state index >= 15 is 0 Å². The van der Waals surface area contributed by atoms with Crippen molar-refractivity contribution in [2.24, 2.45) is 5.41 Å². The highest BCUT2D eigenvalue weighted by Gasteiger charge is 2.25. The van der Waals surface area contributed by atoms with E-state index in [4.69, 9.17) is 0 Å². The first-order valence-corrected chi connectivity index (χ1v) is 9.51. The summed E-state index contributed by atoms with van der Waals surface area (Å²) in [6.45, 7) is 3.64. The quantitative estimate of drug-likeness (QED) is 0.621. The summed E-state index contributed by atoms with van der Waals surface area (Å²) in [5, 5.41) is 6.95. The van der Waals surface area contributed by atoms with E-state index in [9.17, 15) is 4.79 Å². The van der Waals surface area contributed by atoms with Crippen LogP contribution in [0.25, 0.3) is 0 Å². The molecule has 0 radical (unpaired) electrons. The number of benzene rings is 2. The van der Waals surface area contributed by atoms with Crippen LogP contribution in [0.4, 0.5) is 5.69 Å². The third kappa shape index (κ3) is 5.35. The zero-order valence-corrected chi connectivity index (χ0v) is 16.1. The van der Waals surface area contributed by atoms with Crippen molar-refractivity contribution in [2.75, 3.05) is 5.32 Å². The van der Waals surface area contributed by atoms with Crippen molar-refractivity contribution in [3.8, 4) is 23.7 Å². The summed E-state index contributed by atoms with van der Waals surface area (Å²) in [5.74, 6) is 12.2. The fraction of sp³-hybridized carbons (Fsp3) is 0.125. The first kappa shape index (κ1) is 18.5. The Kier molecular flexibility index (Phi) is 5.77. The molecule has 1 N–H and O–H groups in total. The van der Waals surface area contributed by atoms with Gasteiger partial charge >= 0.3 is 0 Å². The molecule has 3 rings (SSSR count). The molecule has 0 unspecified atom stereocenters. The maximum absolute atomic E-state index is 12.6. The predicted molar refractivity (Wildman–Crippen MR) is 112 cm³/mol. The lowest BCUT2D eigenvalue weighted by Crippen LogP contribution is -2.29. The average Bonchev–Trinajstić information content (AvgIpc) is 3.20. The first-order valence-electron chi connectivity index (χ1n) is 8.57. The molecule has 1 heterocycles. The van der Waals surface area contributed by atoms with Crippen LogP contribution in [0.5, 0.6) is 0 Å². The lowest BCUT2D eigenvalue weighted by atomic mass is 9.92. The molecular weight excluding hydrogens is 350 g/mol. The van der Waals surface area contributed by atoms with Crippen LogP contribution in [0, 0.1) is 29.1 Å². The topological polar surface area (TPSA) is 29.1 Å². The normalized spacial score (nSPS) is 10.1. The largest absolute Gasteiger partial charge is 0.325 e. The summed E-state index contributed by atoms with van der Waals surface area (Å²) < 4.78 is 0. The zero-order valence-electron chi connectivity index (χ0n) is 15.2. The van der Waals surface area contributed by atoms with Gasteiger partial charge in [0.05, 0.1) is 0 Å². The van der Waals surface area contributed by atoms with Crippen molar-refractivity contribution < 1.29 is 4.79 Å². The molecule has 27 heavy (non-hydrogen) atoms. The molecule has 2 aromatic carbocycles. The van der Waals surface area contributed by atoms with Crippen molar-refractivity contribution >= 4 is 22.9 Å². The van der Waals surface area contributed by atoms with E-state index in [1.807, 2.05) is 85.3 Å². The Balaban J connectivity index is 1.66. The summed E-state index contributed by atoms with van der Waals surface area (Å²) in [4.78, 5) is 12.6. The van der Waals surface area contributed by atoms with Crippen molar-refractivity contribution in [1.82, 2.24) is 0 Å². The van der Waals surface area contributed by atoms with Crippen molar-refractivity contribution in [3.63, 3.8) is 0 Å². The fourth-order valence-electron chi connectivity index (χ4n) is 2.21. The average molecular weight is 369 g/mol. The maximum Gasteiger partial charge on any atom is 0.242 e. The van der Waals surface area contributed by atoms with Gasteiger partial charge in [0.2, 0.25) is 5.91 Å². The van der Waals surface area contributed by atoms with Crippen LogP contribution in [0.1, 0.15) is 30.5 Å². The van der Waals surface area contributed by atoms with Crippen LogP contribution >= 0.6 is 11.3 Å². The summed E-state index contributed by atoms with van der Waals surface area (Å²) >= 11 is 1.63. The van der Waals surface area contributed by atoms with Gasteiger partial charge in [-0.25, -0.2) is 0 Å². The number of thiophene rings is 1. The second-order valence-electron chi connectivity index (χ2n) is 6.53. The monoisotopic (exact) mass is 369 g/mol.